The first kappa shape index (κ1) is 10.4. The van der Waals surface area contributed by atoms with E-state index in [1.165, 1.54) is 18.2 Å². The molecule has 0 aromatic heterocycles. The van der Waals surface area contributed by atoms with Gasteiger partial charge in [0.25, 0.3) is 0 Å². The Bertz CT molecular complexity index is 379. The summed E-state index contributed by atoms with van der Waals surface area (Å²) in [6, 6.07) is 0. The van der Waals surface area contributed by atoms with Crippen molar-refractivity contribution in [2.75, 3.05) is 0 Å². The van der Waals surface area contributed by atoms with Gasteiger partial charge in [-0.2, -0.15) is 0 Å². The van der Waals surface area contributed by atoms with Crippen LogP contribution in [0.25, 0.3) is 0 Å². The van der Waals surface area contributed by atoms with Gasteiger partial charge in [-0.1, -0.05) is 23.8 Å². The molecule has 72 valence electrons. The third-order valence-electron chi connectivity index (χ3n) is 1.85. The lowest BCUT2D eigenvalue weighted by Gasteiger charge is -1.97. The Labute approximate surface area is 83.3 Å². The summed E-state index contributed by atoms with van der Waals surface area (Å²) in [5.74, 6) is -0.293. The van der Waals surface area contributed by atoms with Crippen LogP contribution in [-0.4, -0.2) is 11.6 Å². The fourth-order valence-electron chi connectivity index (χ4n) is 1.10. The Morgan fingerprint density at radius 2 is 1.71 bits per heavy atom. The number of rotatable bonds is 0. The summed E-state index contributed by atoms with van der Waals surface area (Å²) >= 11 is 0. The maximum atomic E-state index is 11.4. The molecule has 1 aliphatic rings. The molecule has 0 saturated carbocycles. The average Bonchev–Trinajstić information content (AvgIpc) is 2.12. The highest BCUT2D eigenvalue weighted by Gasteiger charge is 2.01. The molecule has 0 bridgehead atoms. The summed E-state index contributed by atoms with van der Waals surface area (Å²) in [5, 5.41) is 0. The summed E-state index contributed by atoms with van der Waals surface area (Å²) < 4.78 is 0. The molecule has 0 aliphatic heterocycles. The van der Waals surface area contributed by atoms with Gasteiger partial charge in [-0.25, -0.2) is 0 Å². The van der Waals surface area contributed by atoms with Gasteiger partial charge in [0.2, 0.25) is 0 Å². The molecule has 14 heavy (non-hydrogen) atoms. The van der Waals surface area contributed by atoms with E-state index in [0.29, 0.717) is 5.57 Å². The molecule has 0 N–H and O–H groups in total. The predicted octanol–water partition coefficient (Wildman–Crippen LogP) is 2.14. The summed E-state index contributed by atoms with van der Waals surface area (Å²) in [6.45, 7) is 3.62. The minimum Gasteiger partial charge on any atom is -0.290 e. The molecular weight excluding hydrogens is 176 g/mol. The molecule has 2 nitrogen and oxygen atoms in total. The summed E-state index contributed by atoms with van der Waals surface area (Å²) in [6.07, 6.45) is 9.30. The fourth-order valence-corrected chi connectivity index (χ4v) is 1.10. The average molecular weight is 188 g/mol. The molecule has 0 heterocycles. The van der Waals surface area contributed by atoms with Crippen LogP contribution in [0, 0.1) is 0 Å². The topological polar surface area (TPSA) is 34.1 Å². The Kier molecular flexibility index (Phi) is 3.35. The zero-order chi connectivity index (χ0) is 10.6. The lowest BCUT2D eigenvalue weighted by Crippen LogP contribution is -1.97. The molecule has 0 fully saturated rings. The van der Waals surface area contributed by atoms with Crippen LogP contribution in [0.3, 0.4) is 0 Å². The molecule has 1 rings (SSSR count). The van der Waals surface area contributed by atoms with Crippen LogP contribution in [0.5, 0.6) is 0 Å². The van der Waals surface area contributed by atoms with E-state index in [2.05, 4.69) is 0 Å². The third kappa shape index (κ3) is 2.98. The molecule has 2 heteroatoms. The molecule has 0 aromatic carbocycles. The third-order valence-corrected chi connectivity index (χ3v) is 1.85. The lowest BCUT2D eigenvalue weighted by molar-refractivity contribution is -0.113. The highest BCUT2D eigenvalue weighted by atomic mass is 16.1. The number of hydrogen-bond donors (Lipinski definition) is 0. The van der Waals surface area contributed by atoms with Gasteiger partial charge in [-0.15, -0.1) is 0 Å². The van der Waals surface area contributed by atoms with Gasteiger partial charge in [-0.3, -0.25) is 9.59 Å². The number of carbonyl (C=O) groups is 2. The van der Waals surface area contributed by atoms with Crippen molar-refractivity contribution in [3.05, 3.63) is 47.6 Å². The van der Waals surface area contributed by atoms with Crippen molar-refractivity contribution in [1.29, 1.82) is 0 Å². The Morgan fingerprint density at radius 3 is 2.43 bits per heavy atom. The first-order chi connectivity index (χ1) is 6.59. The monoisotopic (exact) mass is 188 g/mol. The van der Waals surface area contributed by atoms with Crippen molar-refractivity contribution in [2.24, 2.45) is 0 Å². The van der Waals surface area contributed by atoms with E-state index >= 15 is 0 Å². The van der Waals surface area contributed by atoms with Crippen LogP contribution in [0.4, 0.5) is 0 Å². The maximum absolute atomic E-state index is 11.4. The predicted molar refractivity (Wildman–Crippen MR) is 55.8 cm³/mol. The molecule has 0 spiro atoms. The minimum atomic E-state index is -0.169. The second kappa shape index (κ2) is 4.51. The van der Waals surface area contributed by atoms with E-state index in [0.717, 1.165) is 5.57 Å². The lowest BCUT2D eigenvalue weighted by atomic mass is 10.1. The van der Waals surface area contributed by atoms with Crippen molar-refractivity contribution in [3.8, 4) is 0 Å². The van der Waals surface area contributed by atoms with Crippen LogP contribution in [-0.2, 0) is 9.59 Å². The summed E-state index contributed by atoms with van der Waals surface area (Å²) in [5.41, 5.74) is 1.59. The number of hydrogen-bond acceptors (Lipinski definition) is 2. The van der Waals surface area contributed by atoms with Crippen molar-refractivity contribution >= 4 is 11.6 Å². The first-order valence-corrected chi connectivity index (χ1v) is 4.39. The Morgan fingerprint density at radius 1 is 1.00 bits per heavy atom. The van der Waals surface area contributed by atoms with E-state index < -0.39 is 0 Å². The van der Waals surface area contributed by atoms with Gasteiger partial charge < -0.3 is 0 Å². The molecule has 0 radical (unpaired) electrons. The van der Waals surface area contributed by atoms with Gasteiger partial charge >= 0.3 is 0 Å². The van der Waals surface area contributed by atoms with Crippen LogP contribution >= 0.6 is 0 Å². The van der Waals surface area contributed by atoms with E-state index in [-0.39, 0.29) is 11.6 Å². The van der Waals surface area contributed by atoms with Crippen LogP contribution < -0.4 is 0 Å². The zero-order valence-electron chi connectivity index (χ0n) is 8.28. The van der Waals surface area contributed by atoms with Gasteiger partial charge in [-0.05, 0) is 37.6 Å². The highest BCUT2D eigenvalue weighted by molar-refractivity contribution is 6.09. The van der Waals surface area contributed by atoms with Gasteiger partial charge in [0.05, 0.1) is 0 Å². The number of carbonyl (C=O) groups excluding carboxylic acids is 2. The molecule has 0 amide bonds. The fraction of sp³-hybridized carbons (Fsp3) is 0.167. The highest BCUT2D eigenvalue weighted by Crippen LogP contribution is 2.05. The maximum Gasteiger partial charge on any atom is 0.181 e. The van der Waals surface area contributed by atoms with Crippen molar-refractivity contribution in [3.63, 3.8) is 0 Å². The van der Waals surface area contributed by atoms with Gasteiger partial charge in [0, 0.05) is 0 Å². The zero-order valence-corrected chi connectivity index (χ0v) is 8.28. The normalized spacial score (nSPS) is 29.9. The SMILES string of the molecule is CC1=C/C=C/C(=O)/C=C\C(=O)\C(C)=C\1. The Hall–Kier alpha value is -1.70. The first-order valence-electron chi connectivity index (χ1n) is 4.39. The summed E-state index contributed by atoms with van der Waals surface area (Å²) in [7, 11) is 0. The largest absolute Gasteiger partial charge is 0.290 e. The van der Waals surface area contributed by atoms with Crippen LogP contribution in [0.15, 0.2) is 47.6 Å². The molecule has 0 aromatic rings. The summed E-state index contributed by atoms with van der Waals surface area (Å²) in [4.78, 5) is 22.4. The molecule has 1 aliphatic carbocycles. The smallest absolute Gasteiger partial charge is 0.181 e. The molecular formula is C12H12O2. The van der Waals surface area contributed by atoms with Crippen molar-refractivity contribution in [1.82, 2.24) is 0 Å². The molecule has 0 saturated heterocycles. The van der Waals surface area contributed by atoms with Crippen LogP contribution in [0.2, 0.25) is 0 Å². The van der Waals surface area contributed by atoms with E-state index in [4.69, 9.17) is 0 Å². The quantitative estimate of drug-likeness (QED) is 0.583. The van der Waals surface area contributed by atoms with Gasteiger partial charge in [0.1, 0.15) is 0 Å². The standard InChI is InChI=1S/C12H12O2/c1-9-4-3-5-11(13)6-7-12(14)10(2)8-9/h3-8H,1-2H3/b5-3+,7-6-,9-4-,10-8+. The number of ketones is 2. The number of allylic oxidation sites excluding steroid dienone is 8. The molecule has 0 unspecified atom stereocenters. The van der Waals surface area contributed by atoms with Crippen LogP contribution in [0.1, 0.15) is 13.8 Å². The molecule has 0 atom stereocenters. The second-order valence-electron chi connectivity index (χ2n) is 3.20. The Balaban J connectivity index is 3.09. The second-order valence-corrected chi connectivity index (χ2v) is 3.20. The van der Waals surface area contributed by atoms with Gasteiger partial charge in [0.15, 0.2) is 11.6 Å². The van der Waals surface area contributed by atoms with E-state index in [1.54, 1.807) is 25.2 Å². The van der Waals surface area contributed by atoms with Crippen molar-refractivity contribution in [2.45, 2.75) is 13.8 Å². The van der Waals surface area contributed by atoms with E-state index in [9.17, 15) is 9.59 Å². The van der Waals surface area contributed by atoms with Crippen molar-refractivity contribution < 1.29 is 9.59 Å². The van der Waals surface area contributed by atoms with E-state index in [1.807, 2.05) is 6.92 Å². The minimum absolute atomic E-state index is 0.124.